The highest BCUT2D eigenvalue weighted by Gasteiger charge is 2.40. The average molecular weight is 258 g/mol. The zero-order chi connectivity index (χ0) is 12.7. The second-order valence-corrected chi connectivity index (χ2v) is 5.96. The minimum atomic E-state index is -4.62. The first kappa shape index (κ1) is 13.1. The molecule has 0 radical (unpaired) electrons. The van der Waals surface area contributed by atoms with Gasteiger partial charge in [-0.1, -0.05) is 6.92 Å². The van der Waals surface area contributed by atoms with Gasteiger partial charge in [0.15, 0.2) is 23.3 Å². The van der Waals surface area contributed by atoms with Crippen LogP contribution < -0.4 is 5.19 Å². The van der Waals surface area contributed by atoms with Gasteiger partial charge in [0.05, 0.1) is 5.19 Å². The van der Waals surface area contributed by atoms with Crippen molar-refractivity contribution >= 4 is 13.7 Å². The van der Waals surface area contributed by atoms with Crippen LogP contribution in [0, 0.1) is 29.1 Å². The van der Waals surface area contributed by atoms with E-state index in [1.54, 1.807) is 0 Å². The zero-order valence-corrected chi connectivity index (χ0v) is 8.99. The van der Waals surface area contributed by atoms with Gasteiger partial charge in [-0.2, -0.15) is 0 Å². The van der Waals surface area contributed by atoms with Crippen LogP contribution in [0.5, 0.6) is 0 Å². The lowest BCUT2D eigenvalue weighted by Gasteiger charge is -2.18. The smallest absolute Gasteiger partial charge is 0.373 e. The molecular weight excluding hydrogens is 251 g/mol. The van der Waals surface area contributed by atoms with Gasteiger partial charge in [-0.05, 0) is 6.04 Å². The molecule has 16 heavy (non-hydrogen) atoms. The molecule has 0 spiro atoms. The minimum absolute atomic E-state index is 0.495. The molecule has 1 rings (SSSR count). The van der Waals surface area contributed by atoms with Crippen LogP contribution in [0.1, 0.15) is 6.92 Å². The molecule has 0 aliphatic rings. The molecule has 2 nitrogen and oxygen atoms in total. The molecule has 0 aliphatic heterocycles. The van der Waals surface area contributed by atoms with Gasteiger partial charge >= 0.3 is 8.56 Å². The maximum Gasteiger partial charge on any atom is 0.373 e. The Morgan fingerprint density at radius 1 is 0.812 bits per heavy atom. The summed E-state index contributed by atoms with van der Waals surface area (Å²) in [5, 5.41) is -1.51. The second kappa shape index (κ2) is 4.11. The van der Waals surface area contributed by atoms with Crippen LogP contribution in [0.15, 0.2) is 0 Å². The Morgan fingerprint density at radius 3 is 1.44 bits per heavy atom. The van der Waals surface area contributed by atoms with Gasteiger partial charge < -0.3 is 9.59 Å². The van der Waals surface area contributed by atoms with Crippen molar-refractivity contribution < 1.29 is 31.5 Å². The van der Waals surface area contributed by atoms with Gasteiger partial charge in [0.1, 0.15) is 0 Å². The van der Waals surface area contributed by atoms with E-state index in [2.05, 4.69) is 0 Å². The molecule has 0 unspecified atom stereocenters. The first-order valence-electron chi connectivity index (χ1n) is 4.20. The summed E-state index contributed by atoms with van der Waals surface area (Å²) in [7, 11) is -4.62. The first-order valence-corrected chi connectivity index (χ1v) is 6.30. The number of benzene rings is 1. The highest BCUT2D eigenvalue weighted by atomic mass is 28.4. The topological polar surface area (TPSA) is 40.5 Å². The third-order valence-corrected chi connectivity index (χ3v) is 4.33. The largest absolute Gasteiger partial charge is 0.407 e. The van der Waals surface area contributed by atoms with E-state index in [-0.39, 0.29) is 0 Å². The standard InChI is InChI=1S/C8H7F5O2Si/c1-2-16(14,15)8-6(12)4(10)3(9)5(11)7(8)13/h14-15H,2H2,1H3. The minimum Gasteiger partial charge on any atom is -0.407 e. The number of hydrogen-bond donors (Lipinski definition) is 2. The van der Waals surface area contributed by atoms with E-state index in [9.17, 15) is 31.5 Å². The molecule has 1 aromatic carbocycles. The van der Waals surface area contributed by atoms with E-state index in [0.29, 0.717) is 0 Å². The van der Waals surface area contributed by atoms with Crippen molar-refractivity contribution in [3.63, 3.8) is 0 Å². The Hall–Kier alpha value is -0.993. The summed E-state index contributed by atoms with van der Waals surface area (Å²) in [6, 6.07) is -0.495. The summed E-state index contributed by atoms with van der Waals surface area (Å²) in [4.78, 5) is 18.5. The molecule has 0 amide bonds. The lowest BCUT2D eigenvalue weighted by Crippen LogP contribution is -2.52. The number of rotatable bonds is 2. The van der Waals surface area contributed by atoms with Gasteiger partial charge in [0, 0.05) is 0 Å². The van der Waals surface area contributed by atoms with Gasteiger partial charge in [-0.15, -0.1) is 0 Å². The third-order valence-electron chi connectivity index (χ3n) is 2.10. The molecule has 2 N–H and O–H groups in total. The summed E-state index contributed by atoms with van der Waals surface area (Å²) < 4.78 is 64.2. The van der Waals surface area contributed by atoms with Gasteiger partial charge in [-0.25, -0.2) is 22.0 Å². The van der Waals surface area contributed by atoms with Crippen molar-refractivity contribution in [3.8, 4) is 0 Å². The Bertz CT molecular complexity index is 406. The summed E-state index contributed by atoms with van der Waals surface area (Å²) in [5.74, 6) is -11.0. The molecule has 0 saturated carbocycles. The molecular formula is C8H7F5O2Si. The van der Waals surface area contributed by atoms with E-state index in [1.807, 2.05) is 0 Å². The van der Waals surface area contributed by atoms with Crippen LogP contribution in [-0.2, 0) is 0 Å². The molecule has 0 fully saturated rings. The summed E-state index contributed by atoms with van der Waals surface area (Å²) in [6.45, 7) is 1.17. The fourth-order valence-electron chi connectivity index (χ4n) is 1.13. The predicted octanol–water partition coefficient (Wildman–Crippen LogP) is 1.04. The van der Waals surface area contributed by atoms with Gasteiger partial charge in [0.25, 0.3) is 0 Å². The lowest BCUT2D eigenvalue weighted by molar-refractivity contribution is 0.356. The summed E-state index contributed by atoms with van der Waals surface area (Å²) >= 11 is 0. The van der Waals surface area contributed by atoms with Crippen LogP contribution in [-0.4, -0.2) is 18.2 Å². The molecule has 8 heteroatoms. The second-order valence-electron chi connectivity index (χ2n) is 3.12. The van der Waals surface area contributed by atoms with E-state index < -0.39 is 48.9 Å². The van der Waals surface area contributed by atoms with Crippen molar-refractivity contribution in [1.82, 2.24) is 0 Å². The maximum absolute atomic E-state index is 13.1. The molecule has 0 aliphatic carbocycles. The SMILES string of the molecule is CC[Si](O)(O)c1c(F)c(F)c(F)c(F)c1F. The van der Waals surface area contributed by atoms with Crippen molar-refractivity contribution in [2.75, 3.05) is 0 Å². The van der Waals surface area contributed by atoms with Crippen molar-refractivity contribution in [1.29, 1.82) is 0 Å². The summed E-state index contributed by atoms with van der Waals surface area (Å²) in [6.07, 6.45) is 0. The Labute approximate surface area is 88.2 Å². The van der Waals surface area contributed by atoms with Crippen LogP contribution in [0.3, 0.4) is 0 Å². The maximum atomic E-state index is 13.1. The van der Waals surface area contributed by atoms with Crippen LogP contribution in [0.2, 0.25) is 6.04 Å². The fraction of sp³-hybridized carbons (Fsp3) is 0.250. The van der Waals surface area contributed by atoms with Crippen LogP contribution in [0.25, 0.3) is 0 Å². The molecule has 90 valence electrons. The number of halogens is 5. The van der Waals surface area contributed by atoms with E-state index >= 15 is 0 Å². The average Bonchev–Trinajstić information content (AvgIpc) is 2.23. The van der Waals surface area contributed by atoms with Crippen molar-refractivity contribution in [3.05, 3.63) is 29.1 Å². The quantitative estimate of drug-likeness (QED) is 0.360. The highest BCUT2D eigenvalue weighted by Crippen LogP contribution is 2.19. The summed E-state index contributed by atoms with van der Waals surface area (Å²) in [5.41, 5.74) is 0. The Balaban J connectivity index is 3.65. The van der Waals surface area contributed by atoms with Crippen molar-refractivity contribution in [2.24, 2.45) is 0 Å². The molecule has 0 saturated heterocycles. The highest BCUT2D eigenvalue weighted by molar-refractivity contribution is 6.78. The fourth-order valence-corrected chi connectivity index (χ4v) is 2.41. The van der Waals surface area contributed by atoms with E-state index in [1.165, 1.54) is 6.92 Å². The predicted molar refractivity (Wildman–Crippen MR) is 46.5 cm³/mol. The van der Waals surface area contributed by atoms with E-state index in [0.717, 1.165) is 0 Å². The molecule has 0 aromatic heterocycles. The van der Waals surface area contributed by atoms with Gasteiger partial charge in [0.2, 0.25) is 5.82 Å². The Kier molecular flexibility index (Phi) is 3.36. The van der Waals surface area contributed by atoms with Gasteiger partial charge in [-0.3, -0.25) is 0 Å². The molecule has 0 bridgehead atoms. The third kappa shape index (κ3) is 1.83. The molecule has 0 atom stereocenters. The molecule has 0 heterocycles. The first-order chi connectivity index (χ1) is 7.24. The number of hydrogen-bond acceptors (Lipinski definition) is 2. The monoisotopic (exact) mass is 258 g/mol. The van der Waals surface area contributed by atoms with Crippen LogP contribution >= 0.6 is 0 Å². The van der Waals surface area contributed by atoms with Crippen LogP contribution in [0.4, 0.5) is 22.0 Å². The lowest BCUT2D eigenvalue weighted by atomic mass is 10.3. The van der Waals surface area contributed by atoms with E-state index in [4.69, 9.17) is 0 Å². The zero-order valence-electron chi connectivity index (χ0n) is 7.99. The normalized spacial score (nSPS) is 12.0. The molecule has 1 aromatic rings. The Morgan fingerprint density at radius 2 is 1.12 bits per heavy atom. The van der Waals surface area contributed by atoms with Crippen molar-refractivity contribution in [2.45, 2.75) is 13.0 Å².